The van der Waals surface area contributed by atoms with Gasteiger partial charge in [0.2, 0.25) is 0 Å². The molecule has 1 aromatic carbocycles. The van der Waals surface area contributed by atoms with Gasteiger partial charge in [-0.3, -0.25) is 4.90 Å². The molecule has 5 nitrogen and oxygen atoms in total. The fourth-order valence-corrected chi connectivity index (χ4v) is 3.97. The summed E-state index contributed by atoms with van der Waals surface area (Å²) in [5.41, 5.74) is 3.78. The van der Waals surface area contributed by atoms with Crippen molar-refractivity contribution in [2.45, 2.75) is 45.4 Å². The summed E-state index contributed by atoms with van der Waals surface area (Å²) in [6.07, 6.45) is 2.66. The van der Waals surface area contributed by atoms with Gasteiger partial charge in [0, 0.05) is 38.3 Å². The van der Waals surface area contributed by atoms with Crippen LogP contribution in [-0.4, -0.2) is 45.7 Å². The number of aryl methyl sites for hydroxylation is 1. The van der Waals surface area contributed by atoms with E-state index >= 15 is 0 Å². The number of rotatable bonds is 3. The zero-order valence-corrected chi connectivity index (χ0v) is 14.9. The summed E-state index contributed by atoms with van der Waals surface area (Å²) >= 11 is 0. The number of aromatic nitrogens is 2. The van der Waals surface area contributed by atoms with Crippen LogP contribution in [-0.2, 0) is 19.5 Å². The second-order valence-electron chi connectivity index (χ2n) is 7.21. The van der Waals surface area contributed by atoms with Gasteiger partial charge < -0.3 is 10.0 Å². The number of hydrogen-bond acceptors (Lipinski definition) is 5. The van der Waals surface area contributed by atoms with Crippen molar-refractivity contribution in [2.75, 3.05) is 24.5 Å². The van der Waals surface area contributed by atoms with Crippen LogP contribution in [0.15, 0.2) is 30.3 Å². The van der Waals surface area contributed by atoms with E-state index in [2.05, 4.69) is 40.1 Å². The third-order valence-electron chi connectivity index (χ3n) is 5.18. The molecule has 25 heavy (non-hydrogen) atoms. The third-order valence-corrected chi connectivity index (χ3v) is 5.18. The van der Waals surface area contributed by atoms with Gasteiger partial charge in [0.25, 0.3) is 0 Å². The molecule has 0 bridgehead atoms. The Balaban J connectivity index is 1.56. The second kappa shape index (κ2) is 7.10. The maximum atomic E-state index is 10.0. The number of piperidine rings is 1. The highest BCUT2D eigenvalue weighted by Crippen LogP contribution is 2.29. The average molecular weight is 338 g/mol. The van der Waals surface area contributed by atoms with Crippen molar-refractivity contribution in [3.8, 4) is 0 Å². The summed E-state index contributed by atoms with van der Waals surface area (Å²) in [6, 6.07) is 10.6. The molecule has 1 atom stereocenters. The van der Waals surface area contributed by atoms with E-state index in [0.29, 0.717) is 6.54 Å². The van der Waals surface area contributed by atoms with E-state index in [0.717, 1.165) is 62.8 Å². The number of β-amino-alcohol motifs (C(OH)–C–C–N with tert-alkyl or cyclic N) is 1. The smallest absolute Gasteiger partial charge is 0.135 e. The zero-order valence-electron chi connectivity index (χ0n) is 14.9. The lowest BCUT2D eigenvalue weighted by Gasteiger charge is -2.35. The monoisotopic (exact) mass is 338 g/mol. The molecule has 0 aliphatic carbocycles. The van der Waals surface area contributed by atoms with Gasteiger partial charge in [0.1, 0.15) is 11.6 Å². The second-order valence-corrected chi connectivity index (χ2v) is 7.21. The van der Waals surface area contributed by atoms with Crippen molar-refractivity contribution < 1.29 is 5.11 Å². The van der Waals surface area contributed by atoms with E-state index in [4.69, 9.17) is 9.97 Å². The first-order valence-corrected chi connectivity index (χ1v) is 9.25. The Labute approximate surface area is 149 Å². The lowest BCUT2D eigenvalue weighted by molar-refractivity contribution is 0.153. The molecule has 2 aromatic rings. The predicted octanol–water partition coefficient (Wildman–Crippen LogP) is 2.30. The number of benzene rings is 1. The molecule has 0 spiro atoms. The Morgan fingerprint density at radius 1 is 1.16 bits per heavy atom. The van der Waals surface area contributed by atoms with Crippen LogP contribution in [0.5, 0.6) is 0 Å². The Bertz CT molecular complexity index is 734. The largest absolute Gasteiger partial charge is 0.391 e. The van der Waals surface area contributed by atoms with Gasteiger partial charge in [0.15, 0.2) is 0 Å². The van der Waals surface area contributed by atoms with E-state index in [1.165, 1.54) is 11.1 Å². The molecule has 1 saturated heterocycles. The van der Waals surface area contributed by atoms with Gasteiger partial charge in [0.05, 0.1) is 11.8 Å². The highest BCUT2D eigenvalue weighted by atomic mass is 16.3. The molecule has 5 heteroatoms. The molecule has 2 aliphatic rings. The Morgan fingerprint density at radius 3 is 2.80 bits per heavy atom. The average Bonchev–Trinajstić information content (AvgIpc) is 2.61. The SMILES string of the molecule is Cc1nc2c(c(N3CCC[C@H](O)C3)n1)CCN(Cc1ccccc1)C2. The van der Waals surface area contributed by atoms with Crippen molar-refractivity contribution in [3.63, 3.8) is 0 Å². The van der Waals surface area contributed by atoms with E-state index in [1.54, 1.807) is 0 Å². The summed E-state index contributed by atoms with van der Waals surface area (Å²) < 4.78 is 0. The van der Waals surface area contributed by atoms with E-state index in [9.17, 15) is 5.11 Å². The zero-order chi connectivity index (χ0) is 17.2. The van der Waals surface area contributed by atoms with Gasteiger partial charge in [-0.15, -0.1) is 0 Å². The molecule has 2 aliphatic heterocycles. The number of nitrogens with zero attached hydrogens (tertiary/aromatic N) is 4. The molecule has 1 N–H and O–H groups in total. The van der Waals surface area contributed by atoms with Gasteiger partial charge in [-0.25, -0.2) is 9.97 Å². The number of fused-ring (bicyclic) bond motifs is 1. The minimum Gasteiger partial charge on any atom is -0.391 e. The molecule has 132 valence electrons. The van der Waals surface area contributed by atoms with Gasteiger partial charge in [-0.05, 0) is 31.7 Å². The van der Waals surface area contributed by atoms with Crippen LogP contribution in [0.3, 0.4) is 0 Å². The van der Waals surface area contributed by atoms with Crippen LogP contribution in [0.4, 0.5) is 5.82 Å². The molecule has 1 aromatic heterocycles. The van der Waals surface area contributed by atoms with Crippen molar-refractivity contribution in [2.24, 2.45) is 0 Å². The van der Waals surface area contributed by atoms with Crippen molar-refractivity contribution in [1.82, 2.24) is 14.9 Å². The molecule has 0 saturated carbocycles. The van der Waals surface area contributed by atoms with Crippen LogP contribution in [0.25, 0.3) is 0 Å². The summed E-state index contributed by atoms with van der Waals surface area (Å²) in [4.78, 5) is 14.2. The quantitative estimate of drug-likeness (QED) is 0.931. The van der Waals surface area contributed by atoms with Crippen LogP contribution in [0, 0.1) is 6.92 Å². The van der Waals surface area contributed by atoms with Gasteiger partial charge >= 0.3 is 0 Å². The van der Waals surface area contributed by atoms with Gasteiger partial charge in [-0.1, -0.05) is 30.3 Å². The van der Waals surface area contributed by atoms with Crippen molar-refractivity contribution in [1.29, 1.82) is 0 Å². The molecule has 0 radical (unpaired) electrons. The molecule has 0 amide bonds. The first-order valence-electron chi connectivity index (χ1n) is 9.25. The number of aliphatic hydroxyl groups is 1. The highest BCUT2D eigenvalue weighted by Gasteiger charge is 2.27. The topological polar surface area (TPSA) is 52.5 Å². The fraction of sp³-hybridized carbons (Fsp3) is 0.500. The Morgan fingerprint density at radius 2 is 2.00 bits per heavy atom. The van der Waals surface area contributed by atoms with Crippen LogP contribution < -0.4 is 4.90 Å². The maximum absolute atomic E-state index is 10.0. The lowest BCUT2D eigenvalue weighted by atomic mass is 10.0. The van der Waals surface area contributed by atoms with E-state index in [-0.39, 0.29) is 6.10 Å². The number of hydrogen-bond donors (Lipinski definition) is 1. The van der Waals surface area contributed by atoms with Crippen LogP contribution >= 0.6 is 0 Å². The molecular formula is C20H26N4O. The van der Waals surface area contributed by atoms with Crippen molar-refractivity contribution in [3.05, 3.63) is 53.0 Å². The minimum absolute atomic E-state index is 0.238. The third kappa shape index (κ3) is 3.67. The normalized spacial score (nSPS) is 21.2. The molecule has 1 fully saturated rings. The lowest BCUT2D eigenvalue weighted by Crippen LogP contribution is -2.41. The summed E-state index contributed by atoms with van der Waals surface area (Å²) in [5, 5.41) is 10.0. The maximum Gasteiger partial charge on any atom is 0.135 e. The summed E-state index contributed by atoms with van der Waals surface area (Å²) in [6.45, 7) is 6.50. The standard InChI is InChI=1S/C20H26N4O/c1-15-21-19-14-23(12-16-6-3-2-4-7-16)11-9-18(19)20(22-15)24-10-5-8-17(25)13-24/h2-4,6-7,17,25H,5,8-14H2,1H3/t17-/m0/s1. The van der Waals surface area contributed by atoms with Crippen LogP contribution in [0.2, 0.25) is 0 Å². The predicted molar refractivity (Wildman–Crippen MR) is 98.5 cm³/mol. The van der Waals surface area contributed by atoms with E-state index in [1.807, 2.05) is 6.92 Å². The summed E-state index contributed by atoms with van der Waals surface area (Å²) in [7, 11) is 0. The molecular weight excluding hydrogens is 312 g/mol. The van der Waals surface area contributed by atoms with Crippen molar-refractivity contribution >= 4 is 5.82 Å². The molecule has 3 heterocycles. The fourth-order valence-electron chi connectivity index (χ4n) is 3.97. The Kier molecular flexibility index (Phi) is 4.68. The summed E-state index contributed by atoms with van der Waals surface area (Å²) in [5.74, 6) is 1.89. The number of aliphatic hydroxyl groups excluding tert-OH is 1. The van der Waals surface area contributed by atoms with E-state index < -0.39 is 0 Å². The highest BCUT2D eigenvalue weighted by molar-refractivity contribution is 5.51. The first kappa shape index (κ1) is 16.5. The Hall–Kier alpha value is -1.98. The first-order chi connectivity index (χ1) is 12.2. The van der Waals surface area contributed by atoms with Crippen LogP contribution in [0.1, 0.15) is 35.5 Å². The number of anilines is 1. The van der Waals surface area contributed by atoms with Gasteiger partial charge in [-0.2, -0.15) is 0 Å². The molecule has 0 unspecified atom stereocenters. The molecule has 4 rings (SSSR count). The minimum atomic E-state index is -0.238.